The number of nitrogens with one attached hydrogen (secondary N) is 2. The van der Waals surface area contributed by atoms with Crippen molar-refractivity contribution in [2.45, 2.75) is 30.2 Å². The van der Waals surface area contributed by atoms with E-state index in [2.05, 4.69) is 39.7 Å². The van der Waals surface area contributed by atoms with Crippen LogP contribution in [0.3, 0.4) is 0 Å². The molecule has 1 aromatic carbocycles. The molecule has 26 heavy (non-hydrogen) atoms. The number of rotatable bonds is 11. The molecule has 0 fully saturated rings. The van der Waals surface area contributed by atoms with Crippen LogP contribution in [-0.4, -0.2) is 43.4 Å². The minimum absolute atomic E-state index is 0.129. The normalized spacial score (nSPS) is 12.8. The summed E-state index contributed by atoms with van der Waals surface area (Å²) in [5, 5.41) is 8.68. The molecule has 0 saturated heterocycles. The average Bonchev–Trinajstić information content (AvgIpc) is 3.20. The van der Waals surface area contributed by atoms with Gasteiger partial charge in [0.2, 0.25) is 0 Å². The number of ether oxygens (including phenoxy) is 1. The quantitative estimate of drug-likeness (QED) is 0.262. The first-order valence-electron chi connectivity index (χ1n) is 8.93. The molecule has 2 rings (SSSR count). The number of aromatic nitrogens is 1. The van der Waals surface area contributed by atoms with Crippen molar-refractivity contribution in [2.75, 3.05) is 32.5 Å². The molecule has 1 unspecified atom stereocenters. The lowest BCUT2D eigenvalue weighted by Gasteiger charge is -2.14. The van der Waals surface area contributed by atoms with Crippen molar-refractivity contribution in [1.82, 2.24) is 15.6 Å². The van der Waals surface area contributed by atoms with Crippen LogP contribution in [0.2, 0.25) is 0 Å². The zero-order chi connectivity index (χ0) is 18.5. The summed E-state index contributed by atoms with van der Waals surface area (Å²) in [4.78, 5) is 8.52. The molecule has 1 aromatic heterocycles. The molecule has 2 aromatic rings. The Bertz CT molecular complexity index is 620. The average molecular weight is 393 g/mol. The van der Waals surface area contributed by atoms with Crippen molar-refractivity contribution in [3.8, 4) is 0 Å². The molecule has 7 heteroatoms. The van der Waals surface area contributed by atoms with Gasteiger partial charge in [-0.3, -0.25) is 4.99 Å². The minimum Gasteiger partial charge on any atom is -0.374 e. The molecule has 5 nitrogen and oxygen atoms in total. The van der Waals surface area contributed by atoms with E-state index in [0.717, 1.165) is 48.6 Å². The van der Waals surface area contributed by atoms with Gasteiger partial charge in [0, 0.05) is 44.1 Å². The van der Waals surface area contributed by atoms with Crippen molar-refractivity contribution in [3.63, 3.8) is 0 Å². The second-order valence-electron chi connectivity index (χ2n) is 5.70. The second-order valence-corrected chi connectivity index (χ2v) is 7.94. The van der Waals surface area contributed by atoms with Crippen LogP contribution in [0.1, 0.15) is 31.4 Å². The summed E-state index contributed by atoms with van der Waals surface area (Å²) in [6, 6.07) is 10.3. The number of guanidine groups is 1. The van der Waals surface area contributed by atoms with Gasteiger partial charge < -0.3 is 15.4 Å². The maximum absolute atomic E-state index is 5.88. The first-order chi connectivity index (χ1) is 12.8. The smallest absolute Gasteiger partial charge is 0.190 e. The summed E-state index contributed by atoms with van der Waals surface area (Å²) in [6.07, 6.45) is 3.99. The van der Waals surface area contributed by atoms with Gasteiger partial charge in [0.05, 0.1) is 6.10 Å². The van der Waals surface area contributed by atoms with Crippen molar-refractivity contribution in [1.29, 1.82) is 0 Å². The maximum Gasteiger partial charge on any atom is 0.190 e. The van der Waals surface area contributed by atoms with Crippen LogP contribution >= 0.6 is 23.1 Å². The monoisotopic (exact) mass is 392 g/mol. The van der Waals surface area contributed by atoms with Crippen molar-refractivity contribution < 1.29 is 4.74 Å². The number of hydrogen-bond acceptors (Lipinski definition) is 5. The summed E-state index contributed by atoms with van der Waals surface area (Å²) in [5.74, 6) is 1.91. The molecule has 0 aliphatic heterocycles. The van der Waals surface area contributed by atoms with E-state index in [0.29, 0.717) is 0 Å². The van der Waals surface area contributed by atoms with Crippen LogP contribution in [0.5, 0.6) is 0 Å². The molecule has 0 aliphatic rings. The van der Waals surface area contributed by atoms with E-state index in [-0.39, 0.29) is 6.10 Å². The molecular weight excluding hydrogens is 364 g/mol. The van der Waals surface area contributed by atoms with Gasteiger partial charge in [-0.15, -0.1) is 11.3 Å². The van der Waals surface area contributed by atoms with E-state index in [9.17, 15) is 0 Å². The fourth-order valence-electron chi connectivity index (χ4n) is 2.30. The first-order valence-corrected chi connectivity index (χ1v) is 10.8. The molecule has 1 heterocycles. The van der Waals surface area contributed by atoms with E-state index >= 15 is 0 Å². The highest BCUT2D eigenvalue weighted by molar-refractivity contribution is 8.00. The molecule has 2 N–H and O–H groups in total. The van der Waals surface area contributed by atoms with E-state index in [4.69, 9.17) is 4.74 Å². The van der Waals surface area contributed by atoms with Crippen molar-refractivity contribution >= 4 is 29.1 Å². The van der Waals surface area contributed by atoms with Gasteiger partial charge in [-0.05, 0) is 25.3 Å². The molecular formula is C19H28N4OS2. The Balaban J connectivity index is 1.49. The number of aliphatic imine (C=N–C) groups is 1. The third-order valence-electron chi connectivity index (χ3n) is 3.72. The van der Waals surface area contributed by atoms with Crippen LogP contribution in [0.25, 0.3) is 0 Å². The Kier molecular flexibility index (Phi) is 10.2. The van der Waals surface area contributed by atoms with Gasteiger partial charge in [0.15, 0.2) is 5.96 Å². The lowest BCUT2D eigenvalue weighted by Crippen LogP contribution is -2.38. The highest BCUT2D eigenvalue weighted by atomic mass is 32.2. The number of thioether (sulfide) groups is 1. The van der Waals surface area contributed by atoms with E-state index in [1.54, 1.807) is 30.1 Å². The lowest BCUT2D eigenvalue weighted by molar-refractivity contribution is 0.0646. The summed E-state index contributed by atoms with van der Waals surface area (Å²) >= 11 is 3.49. The summed E-state index contributed by atoms with van der Waals surface area (Å²) in [5.41, 5.74) is 1.22. The molecule has 0 radical (unpaired) electrons. The fourth-order valence-corrected chi connectivity index (χ4v) is 3.95. The van der Waals surface area contributed by atoms with Crippen LogP contribution in [-0.2, 0) is 4.74 Å². The van der Waals surface area contributed by atoms with E-state index < -0.39 is 0 Å². The zero-order valence-electron chi connectivity index (χ0n) is 15.5. The molecule has 0 saturated carbocycles. The Morgan fingerprint density at radius 2 is 2.00 bits per heavy atom. The highest BCUT2D eigenvalue weighted by Crippen LogP contribution is 2.20. The van der Waals surface area contributed by atoms with Gasteiger partial charge >= 0.3 is 0 Å². The standard InChI is InChI=1S/C19H28N4OS2/c1-16(17-8-4-3-5-9-17)24-13-6-10-21-18(20-2)22-11-7-14-25-19-23-12-15-26-19/h3-5,8-9,12,15-16H,6-7,10-11,13-14H2,1-2H3,(H2,20,21,22). The molecule has 1 atom stereocenters. The Labute approximate surface area is 164 Å². The maximum atomic E-state index is 5.88. The molecule has 0 amide bonds. The largest absolute Gasteiger partial charge is 0.374 e. The molecule has 0 bridgehead atoms. The minimum atomic E-state index is 0.129. The SMILES string of the molecule is CN=C(NCCCOC(C)c1ccccc1)NCCCSc1nccs1. The van der Waals surface area contributed by atoms with Crippen molar-refractivity contribution in [2.24, 2.45) is 4.99 Å². The number of hydrogen-bond donors (Lipinski definition) is 2. The molecule has 142 valence electrons. The van der Waals surface area contributed by atoms with Crippen LogP contribution in [0.4, 0.5) is 0 Å². The van der Waals surface area contributed by atoms with Crippen molar-refractivity contribution in [3.05, 3.63) is 47.5 Å². The summed E-state index contributed by atoms with van der Waals surface area (Å²) < 4.78 is 7.02. The van der Waals surface area contributed by atoms with Gasteiger partial charge in [0.1, 0.15) is 4.34 Å². The predicted molar refractivity (Wildman–Crippen MR) is 112 cm³/mol. The van der Waals surface area contributed by atoms with Gasteiger partial charge in [-0.1, -0.05) is 42.1 Å². The first kappa shape index (κ1) is 20.7. The lowest BCUT2D eigenvalue weighted by atomic mass is 10.1. The van der Waals surface area contributed by atoms with E-state index in [1.807, 2.05) is 29.8 Å². The Hall–Kier alpha value is -1.57. The van der Waals surface area contributed by atoms with Gasteiger partial charge in [-0.25, -0.2) is 4.98 Å². The molecule has 0 aliphatic carbocycles. The third kappa shape index (κ3) is 8.21. The third-order valence-corrected chi connectivity index (χ3v) is 5.77. The highest BCUT2D eigenvalue weighted by Gasteiger charge is 2.04. The van der Waals surface area contributed by atoms with Crippen LogP contribution in [0, 0.1) is 0 Å². The number of nitrogens with zero attached hydrogens (tertiary/aromatic N) is 2. The van der Waals surface area contributed by atoms with E-state index in [1.165, 1.54) is 5.56 Å². The Morgan fingerprint density at radius 1 is 1.23 bits per heavy atom. The number of thiazole rings is 1. The second kappa shape index (κ2) is 12.7. The zero-order valence-corrected chi connectivity index (χ0v) is 17.1. The van der Waals surface area contributed by atoms with Gasteiger partial charge in [-0.2, -0.15) is 0 Å². The van der Waals surface area contributed by atoms with Crippen LogP contribution < -0.4 is 10.6 Å². The Morgan fingerprint density at radius 3 is 2.69 bits per heavy atom. The number of benzene rings is 1. The fraction of sp³-hybridized carbons (Fsp3) is 0.474. The van der Waals surface area contributed by atoms with Gasteiger partial charge in [0.25, 0.3) is 0 Å². The summed E-state index contributed by atoms with van der Waals surface area (Å²) in [6.45, 7) is 4.56. The van der Waals surface area contributed by atoms with Crippen LogP contribution in [0.15, 0.2) is 51.2 Å². The molecule has 0 spiro atoms. The predicted octanol–water partition coefficient (Wildman–Crippen LogP) is 3.96. The summed E-state index contributed by atoms with van der Waals surface area (Å²) in [7, 11) is 1.80. The topological polar surface area (TPSA) is 58.5 Å².